The van der Waals surface area contributed by atoms with Gasteiger partial charge in [-0.05, 0) is 55.4 Å². The molecule has 1 fully saturated rings. The Labute approximate surface area is 217 Å². The summed E-state index contributed by atoms with van der Waals surface area (Å²) in [5.41, 5.74) is -1.68. The molecule has 1 saturated carbocycles. The van der Waals surface area contributed by atoms with E-state index < -0.39 is 29.5 Å². The number of nitrogens with zero attached hydrogens (tertiary/aromatic N) is 3. The normalized spacial score (nSPS) is 23.3. The molecule has 0 radical (unpaired) electrons. The first-order valence-electron chi connectivity index (χ1n) is 12.1. The summed E-state index contributed by atoms with van der Waals surface area (Å²) >= 11 is 5.87. The maximum Gasteiger partial charge on any atom is 0.281 e. The summed E-state index contributed by atoms with van der Waals surface area (Å²) in [4.78, 5) is 35.8. The molecule has 10 heteroatoms. The molecule has 2 aliphatic rings. The number of carbonyl (C=O) groups is 2. The SMILES string of the molecule is O=C(N[C@H]1CC[C@H](CN2C(=O)C(O)(c3ccccc3)c3cccnc32)CC1)c1cc(Cl)cnc1C(F)F. The Morgan fingerprint density at radius 3 is 2.57 bits per heavy atom. The topological polar surface area (TPSA) is 95.4 Å². The Balaban J connectivity index is 1.26. The van der Waals surface area contributed by atoms with Crippen LogP contribution in [0.15, 0.2) is 60.9 Å². The fraction of sp³-hybridized carbons (Fsp3) is 0.333. The largest absolute Gasteiger partial charge is 0.372 e. The molecule has 1 aliphatic carbocycles. The Morgan fingerprint density at radius 2 is 1.86 bits per heavy atom. The predicted molar refractivity (Wildman–Crippen MR) is 133 cm³/mol. The molecule has 1 aliphatic heterocycles. The van der Waals surface area contributed by atoms with Crippen molar-refractivity contribution in [2.45, 2.75) is 43.8 Å². The van der Waals surface area contributed by atoms with E-state index in [0.717, 1.165) is 6.20 Å². The highest BCUT2D eigenvalue weighted by Crippen LogP contribution is 2.44. The van der Waals surface area contributed by atoms with Crippen molar-refractivity contribution in [3.05, 3.63) is 88.3 Å². The second-order valence-corrected chi connectivity index (χ2v) is 9.88. The van der Waals surface area contributed by atoms with E-state index in [2.05, 4.69) is 15.3 Å². The molecule has 3 aromatic rings. The van der Waals surface area contributed by atoms with Gasteiger partial charge in [0.1, 0.15) is 11.5 Å². The van der Waals surface area contributed by atoms with Gasteiger partial charge in [-0.3, -0.25) is 19.5 Å². The van der Waals surface area contributed by atoms with Gasteiger partial charge >= 0.3 is 0 Å². The summed E-state index contributed by atoms with van der Waals surface area (Å²) in [6.45, 7) is 0.381. The van der Waals surface area contributed by atoms with Gasteiger partial charge in [0.15, 0.2) is 5.60 Å². The van der Waals surface area contributed by atoms with Gasteiger partial charge in [0, 0.05) is 30.5 Å². The number of alkyl halides is 2. The van der Waals surface area contributed by atoms with Crippen molar-refractivity contribution in [3.8, 4) is 0 Å². The lowest BCUT2D eigenvalue weighted by Crippen LogP contribution is -2.44. The van der Waals surface area contributed by atoms with Gasteiger partial charge in [0.2, 0.25) is 0 Å². The molecule has 0 saturated heterocycles. The summed E-state index contributed by atoms with van der Waals surface area (Å²) in [5, 5.41) is 14.5. The van der Waals surface area contributed by atoms with Gasteiger partial charge in [-0.15, -0.1) is 0 Å². The van der Waals surface area contributed by atoms with Crippen LogP contribution in [0.3, 0.4) is 0 Å². The van der Waals surface area contributed by atoms with Crippen LogP contribution in [-0.2, 0) is 10.4 Å². The lowest BCUT2D eigenvalue weighted by atomic mass is 9.85. The zero-order valence-electron chi connectivity index (χ0n) is 19.8. The second kappa shape index (κ2) is 10.1. The quantitative estimate of drug-likeness (QED) is 0.488. The van der Waals surface area contributed by atoms with Crippen LogP contribution < -0.4 is 10.2 Å². The number of aromatic nitrogens is 2. The van der Waals surface area contributed by atoms with Gasteiger partial charge < -0.3 is 10.4 Å². The molecular formula is C27H25ClF2N4O3. The maximum absolute atomic E-state index is 13.5. The van der Waals surface area contributed by atoms with E-state index in [1.54, 1.807) is 47.5 Å². The first-order chi connectivity index (χ1) is 17.8. The molecule has 0 spiro atoms. The van der Waals surface area contributed by atoms with Crippen LogP contribution in [0.1, 0.15) is 59.3 Å². The summed E-state index contributed by atoms with van der Waals surface area (Å²) in [5.74, 6) is -0.498. The second-order valence-electron chi connectivity index (χ2n) is 9.44. The van der Waals surface area contributed by atoms with Gasteiger partial charge in [-0.2, -0.15) is 0 Å². The number of hydrogen-bond acceptors (Lipinski definition) is 5. The highest BCUT2D eigenvalue weighted by atomic mass is 35.5. The minimum atomic E-state index is -2.89. The lowest BCUT2D eigenvalue weighted by Gasteiger charge is -2.32. The average Bonchev–Trinajstić information content (AvgIpc) is 3.12. The van der Waals surface area contributed by atoms with Gasteiger partial charge in [-0.25, -0.2) is 13.8 Å². The van der Waals surface area contributed by atoms with Crippen LogP contribution in [0.2, 0.25) is 5.02 Å². The third-order valence-electron chi connectivity index (χ3n) is 7.14. The van der Waals surface area contributed by atoms with Crippen molar-refractivity contribution in [1.82, 2.24) is 15.3 Å². The van der Waals surface area contributed by atoms with Crippen LogP contribution in [0.4, 0.5) is 14.6 Å². The standard InChI is InChI=1S/C27H25ClF2N4O3/c28-18-13-20(22(23(29)30)32-14-18)25(35)33-19-10-8-16(9-11-19)15-34-24-21(7-4-12-31-24)27(37,26(34)36)17-5-2-1-3-6-17/h1-7,12-14,16,19,23,37H,8-11,15H2,(H,33,35)/t16-,19-,27?. The van der Waals surface area contributed by atoms with Crippen molar-refractivity contribution in [2.75, 3.05) is 11.4 Å². The Bertz CT molecular complexity index is 1320. The van der Waals surface area contributed by atoms with Crippen molar-refractivity contribution in [3.63, 3.8) is 0 Å². The predicted octanol–water partition coefficient (Wildman–Crippen LogP) is 4.64. The summed E-state index contributed by atoms with van der Waals surface area (Å²) in [6, 6.07) is 13.2. The van der Waals surface area contributed by atoms with E-state index in [4.69, 9.17) is 11.6 Å². The molecule has 2 amide bonds. The summed E-state index contributed by atoms with van der Waals surface area (Å²) in [6.07, 6.45) is 2.45. The Morgan fingerprint density at radius 1 is 1.14 bits per heavy atom. The van der Waals surface area contributed by atoms with E-state index in [-0.39, 0.29) is 22.5 Å². The zero-order chi connectivity index (χ0) is 26.2. The number of rotatable bonds is 6. The molecular weight excluding hydrogens is 502 g/mol. The Hall–Kier alpha value is -3.43. The molecule has 7 nitrogen and oxygen atoms in total. The number of fused-ring (bicyclic) bond motifs is 1. The zero-order valence-corrected chi connectivity index (χ0v) is 20.5. The van der Waals surface area contributed by atoms with Crippen molar-refractivity contribution in [1.29, 1.82) is 0 Å². The number of carbonyl (C=O) groups excluding carboxylic acids is 2. The van der Waals surface area contributed by atoms with E-state index in [1.807, 2.05) is 6.07 Å². The number of benzene rings is 1. The molecule has 37 heavy (non-hydrogen) atoms. The first kappa shape index (κ1) is 25.2. The van der Waals surface area contributed by atoms with Crippen molar-refractivity contribution >= 4 is 29.2 Å². The van der Waals surface area contributed by atoms with E-state index in [9.17, 15) is 23.5 Å². The van der Waals surface area contributed by atoms with Gasteiger partial charge in [0.05, 0.1) is 10.6 Å². The van der Waals surface area contributed by atoms with Crippen LogP contribution in [0, 0.1) is 5.92 Å². The van der Waals surface area contributed by atoms with Crippen LogP contribution in [0.5, 0.6) is 0 Å². The van der Waals surface area contributed by atoms with Crippen molar-refractivity contribution in [2.24, 2.45) is 5.92 Å². The van der Waals surface area contributed by atoms with E-state index in [1.165, 1.54) is 6.07 Å². The highest BCUT2D eigenvalue weighted by molar-refractivity contribution is 6.30. The first-order valence-corrected chi connectivity index (χ1v) is 12.5. The van der Waals surface area contributed by atoms with Crippen molar-refractivity contribution < 1.29 is 23.5 Å². The van der Waals surface area contributed by atoms with Crippen LogP contribution in [-0.4, -0.2) is 39.5 Å². The van der Waals surface area contributed by atoms with Crippen LogP contribution in [0.25, 0.3) is 0 Å². The average molecular weight is 527 g/mol. The fourth-order valence-corrected chi connectivity index (χ4v) is 5.40. The number of pyridine rings is 2. The number of halogens is 3. The molecule has 1 atom stereocenters. The maximum atomic E-state index is 13.5. The third-order valence-corrected chi connectivity index (χ3v) is 7.34. The summed E-state index contributed by atoms with van der Waals surface area (Å²) < 4.78 is 26.6. The Kier molecular flexibility index (Phi) is 6.92. The molecule has 3 heterocycles. The molecule has 2 N–H and O–H groups in total. The minimum Gasteiger partial charge on any atom is -0.372 e. The monoisotopic (exact) mass is 526 g/mol. The molecule has 0 bridgehead atoms. The number of aliphatic hydroxyl groups is 1. The van der Waals surface area contributed by atoms with E-state index in [0.29, 0.717) is 49.2 Å². The van der Waals surface area contributed by atoms with Crippen LogP contribution >= 0.6 is 11.6 Å². The number of hydrogen-bond donors (Lipinski definition) is 2. The van der Waals surface area contributed by atoms with Gasteiger partial charge in [-0.1, -0.05) is 41.9 Å². The highest BCUT2D eigenvalue weighted by Gasteiger charge is 2.52. The molecule has 2 aromatic heterocycles. The molecule has 1 aromatic carbocycles. The molecule has 5 rings (SSSR count). The number of amides is 2. The third kappa shape index (κ3) is 4.69. The molecule has 192 valence electrons. The minimum absolute atomic E-state index is 0.109. The fourth-order valence-electron chi connectivity index (χ4n) is 5.25. The van der Waals surface area contributed by atoms with Gasteiger partial charge in [0.25, 0.3) is 18.2 Å². The number of nitrogens with one attached hydrogen (secondary N) is 1. The molecule has 1 unspecified atom stereocenters. The summed E-state index contributed by atoms with van der Waals surface area (Å²) in [7, 11) is 0. The number of anilines is 1. The smallest absolute Gasteiger partial charge is 0.281 e. The van der Waals surface area contributed by atoms with E-state index >= 15 is 0 Å². The lowest BCUT2D eigenvalue weighted by molar-refractivity contribution is -0.132.